The van der Waals surface area contributed by atoms with Crippen molar-refractivity contribution >= 4 is 5.91 Å². The Labute approximate surface area is 167 Å². The molecule has 0 radical (unpaired) electrons. The summed E-state index contributed by atoms with van der Waals surface area (Å²) in [5, 5.41) is 3.03. The van der Waals surface area contributed by atoms with Crippen LogP contribution in [0.5, 0.6) is 11.5 Å². The van der Waals surface area contributed by atoms with Crippen molar-refractivity contribution < 1.29 is 13.9 Å². The summed E-state index contributed by atoms with van der Waals surface area (Å²) in [6.07, 6.45) is 6.44. The number of aromatic nitrogens is 2. The average Bonchev–Trinajstić information content (AvgIpc) is 3.31. The molecule has 0 saturated heterocycles. The maximum atomic E-state index is 13.3. The highest BCUT2D eigenvalue weighted by Gasteiger charge is 2.32. The van der Waals surface area contributed by atoms with Crippen molar-refractivity contribution in [1.82, 2.24) is 15.3 Å². The number of ether oxygens (including phenoxy) is 1. The summed E-state index contributed by atoms with van der Waals surface area (Å²) < 4.78 is 11.1. The molecule has 1 aliphatic rings. The van der Waals surface area contributed by atoms with E-state index < -0.39 is 5.92 Å². The van der Waals surface area contributed by atoms with Gasteiger partial charge in [-0.1, -0.05) is 36.4 Å². The van der Waals surface area contributed by atoms with E-state index in [1.165, 1.54) is 0 Å². The highest BCUT2D eigenvalue weighted by molar-refractivity contribution is 5.89. The number of rotatable bonds is 4. The van der Waals surface area contributed by atoms with Crippen LogP contribution in [0.25, 0.3) is 11.3 Å². The number of hydrogen-bond acceptors (Lipinski definition) is 5. The molecule has 1 amide bonds. The SMILES string of the molecule is O=C(NCc1nccnc1-c1ccoc1)C1c2ccccc2Oc2ccccc21. The number of carbonyl (C=O) groups is 1. The van der Waals surface area contributed by atoms with E-state index in [1.807, 2.05) is 54.6 Å². The summed E-state index contributed by atoms with van der Waals surface area (Å²) in [6, 6.07) is 17.1. The van der Waals surface area contributed by atoms with Crippen LogP contribution in [0, 0.1) is 0 Å². The van der Waals surface area contributed by atoms with Crippen LogP contribution in [0.3, 0.4) is 0 Å². The summed E-state index contributed by atoms with van der Waals surface area (Å²) in [6.45, 7) is 0.259. The summed E-state index contributed by atoms with van der Waals surface area (Å²) >= 11 is 0. The molecule has 1 aliphatic heterocycles. The minimum Gasteiger partial charge on any atom is -0.472 e. The van der Waals surface area contributed by atoms with Crippen molar-refractivity contribution in [3.05, 3.63) is 96.3 Å². The van der Waals surface area contributed by atoms with Gasteiger partial charge in [0.25, 0.3) is 0 Å². The third-order valence-corrected chi connectivity index (χ3v) is 4.94. The first-order chi connectivity index (χ1) is 14.3. The molecule has 5 rings (SSSR count). The number of nitrogens with one attached hydrogen (secondary N) is 1. The molecule has 2 aromatic heterocycles. The number of nitrogens with zero attached hydrogens (tertiary/aromatic N) is 2. The maximum Gasteiger partial charge on any atom is 0.232 e. The molecule has 6 nitrogen and oxygen atoms in total. The predicted molar refractivity (Wildman–Crippen MR) is 106 cm³/mol. The number of fused-ring (bicyclic) bond motifs is 2. The van der Waals surface area contributed by atoms with E-state index in [2.05, 4.69) is 15.3 Å². The molecule has 2 aromatic carbocycles. The zero-order valence-corrected chi connectivity index (χ0v) is 15.4. The van der Waals surface area contributed by atoms with E-state index in [1.54, 1.807) is 24.9 Å². The molecule has 29 heavy (non-hydrogen) atoms. The Morgan fingerprint density at radius 2 is 1.62 bits per heavy atom. The van der Waals surface area contributed by atoms with Crippen molar-refractivity contribution in [2.75, 3.05) is 0 Å². The third kappa shape index (κ3) is 3.14. The van der Waals surface area contributed by atoms with E-state index in [-0.39, 0.29) is 12.5 Å². The highest BCUT2D eigenvalue weighted by atomic mass is 16.5. The number of para-hydroxylation sites is 2. The van der Waals surface area contributed by atoms with Crippen molar-refractivity contribution in [3.8, 4) is 22.8 Å². The zero-order valence-electron chi connectivity index (χ0n) is 15.4. The Morgan fingerprint density at radius 3 is 2.31 bits per heavy atom. The molecule has 0 fully saturated rings. The smallest absolute Gasteiger partial charge is 0.232 e. The lowest BCUT2D eigenvalue weighted by Gasteiger charge is -2.27. The van der Waals surface area contributed by atoms with Crippen LogP contribution in [-0.4, -0.2) is 15.9 Å². The molecule has 3 heterocycles. The monoisotopic (exact) mass is 383 g/mol. The van der Waals surface area contributed by atoms with Crippen molar-refractivity contribution in [3.63, 3.8) is 0 Å². The van der Waals surface area contributed by atoms with Crippen LogP contribution in [0.4, 0.5) is 0 Å². The lowest BCUT2D eigenvalue weighted by molar-refractivity contribution is -0.122. The standard InChI is InChI=1S/C23H17N3O3/c27-23(26-13-18-22(25-11-10-24-18)15-9-12-28-14-15)21-16-5-1-3-7-19(16)29-20-8-4-2-6-17(20)21/h1-12,14,21H,13H2,(H,26,27). The fraction of sp³-hybridized carbons (Fsp3) is 0.0870. The van der Waals surface area contributed by atoms with Gasteiger partial charge in [-0.3, -0.25) is 14.8 Å². The van der Waals surface area contributed by atoms with Gasteiger partial charge in [0.2, 0.25) is 5.91 Å². The lowest BCUT2D eigenvalue weighted by atomic mass is 9.87. The fourth-order valence-electron chi connectivity index (χ4n) is 3.60. The van der Waals surface area contributed by atoms with Crippen LogP contribution in [0.15, 0.2) is 83.9 Å². The third-order valence-electron chi connectivity index (χ3n) is 4.94. The minimum atomic E-state index is -0.454. The van der Waals surface area contributed by atoms with Gasteiger partial charge in [-0.2, -0.15) is 0 Å². The summed E-state index contributed by atoms with van der Waals surface area (Å²) in [5.41, 5.74) is 3.88. The molecular weight excluding hydrogens is 366 g/mol. The lowest BCUT2D eigenvalue weighted by Crippen LogP contribution is -2.31. The predicted octanol–water partition coefficient (Wildman–Crippen LogP) is 4.29. The van der Waals surface area contributed by atoms with Gasteiger partial charge in [-0.25, -0.2) is 0 Å². The molecule has 0 spiro atoms. The maximum absolute atomic E-state index is 13.3. The first-order valence-corrected chi connectivity index (χ1v) is 9.27. The molecular formula is C23H17N3O3. The van der Waals surface area contributed by atoms with E-state index in [0.717, 1.165) is 16.7 Å². The molecule has 0 bridgehead atoms. The number of furan rings is 1. The normalized spacial score (nSPS) is 12.6. The Balaban J connectivity index is 1.44. The van der Waals surface area contributed by atoms with Crippen LogP contribution in [0.2, 0.25) is 0 Å². The Bertz CT molecular complexity index is 1130. The van der Waals surface area contributed by atoms with E-state index >= 15 is 0 Å². The topological polar surface area (TPSA) is 77.3 Å². The van der Waals surface area contributed by atoms with Crippen molar-refractivity contribution in [2.45, 2.75) is 12.5 Å². The zero-order chi connectivity index (χ0) is 19.6. The van der Waals surface area contributed by atoms with Gasteiger partial charge in [-0.15, -0.1) is 0 Å². The summed E-state index contributed by atoms with van der Waals surface area (Å²) in [5.74, 6) is 0.831. The Morgan fingerprint density at radius 1 is 0.931 bits per heavy atom. The largest absolute Gasteiger partial charge is 0.472 e. The molecule has 0 unspecified atom stereocenters. The first kappa shape index (κ1) is 17.2. The molecule has 142 valence electrons. The van der Waals surface area contributed by atoms with Crippen LogP contribution in [0.1, 0.15) is 22.7 Å². The minimum absolute atomic E-state index is 0.114. The van der Waals surface area contributed by atoms with Gasteiger partial charge in [0.1, 0.15) is 11.5 Å². The van der Waals surface area contributed by atoms with Gasteiger partial charge in [0.15, 0.2) is 0 Å². The molecule has 0 saturated carbocycles. The van der Waals surface area contributed by atoms with Crippen molar-refractivity contribution in [2.24, 2.45) is 0 Å². The van der Waals surface area contributed by atoms with Gasteiger partial charge < -0.3 is 14.5 Å². The summed E-state index contributed by atoms with van der Waals surface area (Å²) in [7, 11) is 0. The average molecular weight is 383 g/mol. The van der Waals surface area contributed by atoms with Crippen molar-refractivity contribution in [1.29, 1.82) is 0 Å². The molecule has 0 atom stereocenters. The fourth-order valence-corrected chi connectivity index (χ4v) is 3.60. The van der Waals surface area contributed by atoms with E-state index in [4.69, 9.17) is 9.15 Å². The van der Waals surface area contributed by atoms with E-state index in [0.29, 0.717) is 22.9 Å². The number of carbonyl (C=O) groups excluding carboxylic acids is 1. The first-order valence-electron chi connectivity index (χ1n) is 9.27. The highest BCUT2D eigenvalue weighted by Crippen LogP contribution is 2.43. The Kier molecular flexibility index (Phi) is 4.29. The number of amides is 1. The van der Waals surface area contributed by atoms with Gasteiger partial charge in [0.05, 0.1) is 36.4 Å². The molecule has 6 heteroatoms. The van der Waals surface area contributed by atoms with Crippen LogP contribution in [-0.2, 0) is 11.3 Å². The summed E-state index contributed by atoms with van der Waals surface area (Å²) in [4.78, 5) is 22.0. The second-order valence-electron chi connectivity index (χ2n) is 6.69. The number of hydrogen-bond donors (Lipinski definition) is 1. The quantitative estimate of drug-likeness (QED) is 0.569. The van der Waals surface area contributed by atoms with Crippen LogP contribution < -0.4 is 10.1 Å². The second-order valence-corrected chi connectivity index (χ2v) is 6.69. The Hall–Kier alpha value is -3.93. The second kappa shape index (κ2) is 7.24. The van der Waals surface area contributed by atoms with E-state index in [9.17, 15) is 4.79 Å². The molecule has 0 aliphatic carbocycles. The molecule has 1 N–H and O–H groups in total. The van der Waals surface area contributed by atoms with Gasteiger partial charge >= 0.3 is 0 Å². The van der Waals surface area contributed by atoms with Gasteiger partial charge in [-0.05, 0) is 18.2 Å². The van der Waals surface area contributed by atoms with Crippen LogP contribution >= 0.6 is 0 Å². The molecule has 4 aromatic rings. The van der Waals surface area contributed by atoms with Gasteiger partial charge in [0, 0.05) is 29.1 Å². The number of benzene rings is 2.